The van der Waals surface area contributed by atoms with Gasteiger partial charge in [0.2, 0.25) is 11.2 Å². The van der Waals surface area contributed by atoms with Crippen LogP contribution in [-0.2, 0) is 22.4 Å². The van der Waals surface area contributed by atoms with Crippen molar-refractivity contribution in [3.63, 3.8) is 0 Å². The zero-order valence-electron chi connectivity index (χ0n) is 34.3. The molecule has 0 spiro atoms. The maximum absolute atomic E-state index is 12.1. The van der Waals surface area contributed by atoms with Crippen molar-refractivity contribution in [3.8, 4) is 58.8 Å². The Balaban J connectivity index is 0.000000228. The van der Waals surface area contributed by atoms with E-state index in [0.29, 0.717) is 64.6 Å². The first-order valence-corrected chi connectivity index (χ1v) is 19.6. The second-order valence-corrected chi connectivity index (χ2v) is 14.8. The summed E-state index contributed by atoms with van der Waals surface area (Å²) in [5.74, 6) is 5.55. The Bertz CT molecular complexity index is 2560. The Morgan fingerprint density at radius 2 is 1.21 bits per heavy atom. The molecule has 0 aliphatic carbocycles. The Hall–Kier alpha value is -7.07. The van der Waals surface area contributed by atoms with Gasteiger partial charge in [0, 0.05) is 56.7 Å². The van der Waals surface area contributed by atoms with Crippen LogP contribution in [-0.4, -0.2) is 92.0 Å². The van der Waals surface area contributed by atoms with E-state index in [1.807, 2.05) is 38.1 Å². The number of hydrogen-bond acceptors (Lipinski definition) is 10. The van der Waals surface area contributed by atoms with Crippen LogP contribution in [0.1, 0.15) is 88.3 Å². The predicted molar refractivity (Wildman–Crippen MR) is 229 cm³/mol. The van der Waals surface area contributed by atoms with Crippen molar-refractivity contribution in [2.24, 2.45) is 11.5 Å². The minimum Gasteiger partial charge on any atom is -0.369 e. The molecule has 2 atom stereocenters. The number of likely N-dealkylation sites (N-methyl/N-ethyl adjacent to an activating group) is 2. The number of carbonyl (C=O) groups is 4. The lowest BCUT2D eigenvalue weighted by molar-refractivity contribution is -0.138. The number of nitrogens with two attached hydrogens (primary N) is 2. The largest absolute Gasteiger partial charge is 0.369 e. The fourth-order valence-corrected chi connectivity index (χ4v) is 6.69. The number of primary amides is 2. The summed E-state index contributed by atoms with van der Waals surface area (Å²) in [6.45, 7) is 4.99. The van der Waals surface area contributed by atoms with Crippen LogP contribution in [0.2, 0.25) is 5.02 Å². The van der Waals surface area contributed by atoms with Gasteiger partial charge in [0.15, 0.2) is 0 Å². The standard InChI is InChI=1S/C23H22N4O3.C16H14ClN3O.C7H9NO2/c1-3-4-15-7-8-19(26-20(15)21(25)28)17-5-6-18(14-24)16(13-17)9-10-23(30)11-12-27(2)22(23)29;1-2-3-10-6-7-14(20-15(10)16(19)21)11-4-5-12(9-18)13(17)8-11;1-3-7(10)4-5-8(2)6(7)9/h5-8,13,30H,3-4,11-12H2,1-2H3,(H2,25,28);4-8H,2-3H2,1H3,(H2,19,21);1,10H,4-5H2,2H3/t23-;;7-/m0.0/s1. The van der Waals surface area contributed by atoms with Crippen molar-refractivity contribution < 1.29 is 29.4 Å². The summed E-state index contributed by atoms with van der Waals surface area (Å²) in [6, 6.07) is 21.4. The Kier molecular flexibility index (Phi) is 15.5. The van der Waals surface area contributed by atoms with E-state index in [2.05, 4.69) is 33.8 Å². The first-order valence-electron chi connectivity index (χ1n) is 19.3. The minimum atomic E-state index is -1.75. The van der Waals surface area contributed by atoms with Crippen LogP contribution in [0.15, 0.2) is 60.7 Å². The average molecular weight is 841 g/mol. The number of aromatic nitrogens is 2. The molecule has 6 N–H and O–H groups in total. The maximum Gasteiger partial charge on any atom is 0.267 e. The zero-order valence-corrected chi connectivity index (χ0v) is 35.0. The summed E-state index contributed by atoms with van der Waals surface area (Å²) in [5.41, 5.74) is 13.3. The van der Waals surface area contributed by atoms with Gasteiger partial charge in [-0.1, -0.05) is 80.3 Å². The summed E-state index contributed by atoms with van der Waals surface area (Å²) < 4.78 is 0. The lowest BCUT2D eigenvalue weighted by Crippen LogP contribution is -2.37. The number of nitriles is 2. The molecule has 0 bridgehead atoms. The number of aryl methyl sites for hydroxylation is 2. The van der Waals surface area contributed by atoms with Gasteiger partial charge in [0.05, 0.1) is 27.5 Å². The highest BCUT2D eigenvalue weighted by atomic mass is 35.5. The second kappa shape index (κ2) is 20.3. The number of amides is 4. The van der Waals surface area contributed by atoms with Gasteiger partial charge in [0.1, 0.15) is 23.5 Å². The number of rotatable bonds is 8. The lowest BCUT2D eigenvalue weighted by atomic mass is 9.99. The van der Waals surface area contributed by atoms with Gasteiger partial charge in [-0.15, -0.1) is 6.42 Å². The SMILES string of the molecule is C#C[C@]1(O)CCN(C)C1=O.CCCc1ccc(-c2ccc(C#N)c(C#C[C@]3(O)CCN(C)C3=O)c2)nc1C(N)=O.CCCc1ccc(-c2ccc(C#N)c(Cl)c2)nc1C(N)=O. The van der Waals surface area contributed by atoms with Crippen LogP contribution in [0.5, 0.6) is 0 Å². The minimum absolute atomic E-state index is 0.208. The van der Waals surface area contributed by atoms with Gasteiger partial charge >= 0.3 is 0 Å². The highest BCUT2D eigenvalue weighted by Gasteiger charge is 2.43. The van der Waals surface area contributed by atoms with Crippen molar-refractivity contribution in [1.82, 2.24) is 19.8 Å². The molecule has 6 rings (SSSR count). The molecule has 2 saturated heterocycles. The Labute approximate surface area is 359 Å². The molecule has 61 heavy (non-hydrogen) atoms. The first kappa shape index (κ1) is 46.6. The third-order valence-electron chi connectivity index (χ3n) is 9.95. The van der Waals surface area contributed by atoms with Gasteiger partial charge in [0.25, 0.3) is 23.6 Å². The zero-order chi connectivity index (χ0) is 45.1. The molecule has 2 fully saturated rings. The normalized spacial score (nSPS) is 17.6. The average Bonchev–Trinajstić information content (AvgIpc) is 3.67. The monoisotopic (exact) mass is 840 g/mol. The van der Waals surface area contributed by atoms with E-state index in [9.17, 15) is 34.7 Å². The van der Waals surface area contributed by atoms with Crippen LogP contribution in [0.3, 0.4) is 0 Å². The molecule has 0 saturated carbocycles. The van der Waals surface area contributed by atoms with Crippen LogP contribution < -0.4 is 11.5 Å². The summed E-state index contributed by atoms with van der Waals surface area (Å²) in [6.07, 6.45) is 8.73. The van der Waals surface area contributed by atoms with Crippen LogP contribution in [0, 0.1) is 46.8 Å². The van der Waals surface area contributed by atoms with Gasteiger partial charge in [-0.2, -0.15) is 10.5 Å². The van der Waals surface area contributed by atoms with E-state index in [1.165, 1.54) is 9.80 Å². The van der Waals surface area contributed by atoms with Crippen molar-refractivity contribution in [2.75, 3.05) is 27.2 Å². The summed E-state index contributed by atoms with van der Waals surface area (Å²) in [4.78, 5) is 58.1. The summed E-state index contributed by atoms with van der Waals surface area (Å²) >= 11 is 6.02. The number of halogens is 1. The number of hydrogen-bond donors (Lipinski definition) is 4. The van der Waals surface area contributed by atoms with E-state index in [1.54, 1.807) is 56.6 Å². The Morgan fingerprint density at radius 1 is 0.754 bits per heavy atom. The molecule has 0 unspecified atom stereocenters. The third-order valence-corrected chi connectivity index (χ3v) is 10.3. The molecule has 15 heteroatoms. The van der Waals surface area contributed by atoms with E-state index in [0.717, 1.165) is 36.0 Å². The molecule has 2 aromatic heterocycles. The van der Waals surface area contributed by atoms with E-state index in [4.69, 9.17) is 34.8 Å². The molecule has 0 radical (unpaired) electrons. The molecule has 4 amide bonds. The van der Waals surface area contributed by atoms with Crippen LogP contribution >= 0.6 is 11.6 Å². The number of likely N-dealkylation sites (tertiary alicyclic amines) is 2. The first-order chi connectivity index (χ1) is 28.9. The highest BCUT2D eigenvalue weighted by Crippen LogP contribution is 2.27. The molecule has 312 valence electrons. The van der Waals surface area contributed by atoms with E-state index >= 15 is 0 Å². The van der Waals surface area contributed by atoms with Crippen molar-refractivity contribution in [3.05, 3.63) is 105 Å². The topological polar surface area (TPSA) is 241 Å². The number of carbonyl (C=O) groups excluding carboxylic acids is 4. The number of terminal acetylenes is 1. The van der Waals surface area contributed by atoms with Crippen molar-refractivity contribution >= 4 is 35.2 Å². The Morgan fingerprint density at radius 3 is 1.59 bits per heavy atom. The number of pyridine rings is 2. The van der Waals surface area contributed by atoms with E-state index < -0.39 is 28.9 Å². The van der Waals surface area contributed by atoms with Crippen molar-refractivity contribution in [1.29, 1.82) is 10.5 Å². The maximum atomic E-state index is 12.1. The highest BCUT2D eigenvalue weighted by molar-refractivity contribution is 6.32. The second-order valence-electron chi connectivity index (χ2n) is 14.4. The predicted octanol–water partition coefficient (Wildman–Crippen LogP) is 4.15. The summed E-state index contributed by atoms with van der Waals surface area (Å²) in [7, 11) is 3.23. The van der Waals surface area contributed by atoms with Crippen molar-refractivity contribution in [2.45, 2.75) is 63.6 Å². The quantitative estimate of drug-likeness (QED) is 0.185. The lowest BCUT2D eigenvalue weighted by Gasteiger charge is -2.13. The number of benzene rings is 2. The smallest absolute Gasteiger partial charge is 0.267 e. The van der Waals surface area contributed by atoms with Gasteiger partial charge in [-0.25, -0.2) is 9.97 Å². The van der Waals surface area contributed by atoms with Gasteiger partial charge in [-0.3, -0.25) is 19.2 Å². The number of aliphatic hydroxyl groups is 2. The van der Waals surface area contributed by atoms with Crippen LogP contribution in [0.4, 0.5) is 0 Å². The molecular formula is C46H45ClN8O6. The molecule has 4 heterocycles. The van der Waals surface area contributed by atoms with Gasteiger partial charge in [-0.05, 0) is 60.4 Å². The van der Waals surface area contributed by atoms with Gasteiger partial charge < -0.3 is 31.5 Å². The fraction of sp³-hybridized carbons (Fsp3) is 0.304. The fourth-order valence-electron chi connectivity index (χ4n) is 6.46. The number of nitrogens with zero attached hydrogens (tertiary/aromatic N) is 6. The van der Waals surface area contributed by atoms with E-state index in [-0.39, 0.29) is 23.7 Å². The molecular weight excluding hydrogens is 796 g/mol. The molecule has 14 nitrogen and oxygen atoms in total. The molecule has 4 aromatic rings. The van der Waals surface area contributed by atoms with Crippen LogP contribution in [0.25, 0.3) is 22.5 Å². The molecule has 2 aromatic carbocycles. The third kappa shape index (κ3) is 11.0. The summed E-state index contributed by atoms with van der Waals surface area (Å²) in [5, 5.41) is 38.5. The molecule has 2 aliphatic heterocycles. The molecule has 2 aliphatic rings.